The maximum atomic E-state index is 10.9. The Balaban J connectivity index is 0.000000152. The number of oxime groups is 2. The van der Waals surface area contributed by atoms with Crippen LogP contribution in [-0.4, -0.2) is 54.9 Å². The molecule has 0 bridgehead atoms. The van der Waals surface area contributed by atoms with Crippen molar-refractivity contribution < 1.29 is 14.8 Å². The number of carbonyl (C=O) groups excluding carboxylic acids is 1. The highest BCUT2D eigenvalue weighted by Crippen LogP contribution is 2.53. The number of benzene rings is 2. The first-order chi connectivity index (χ1) is 17.5. The highest BCUT2D eigenvalue weighted by atomic mass is 35.5. The molecule has 0 amide bonds. The smallest absolute Gasteiger partial charge is 0.349 e. The fraction of sp³-hybridized carbons (Fsp3) is 0.423. The van der Waals surface area contributed by atoms with Crippen LogP contribution in [0.4, 0.5) is 11.4 Å². The lowest BCUT2D eigenvalue weighted by molar-refractivity contribution is -0.140. The van der Waals surface area contributed by atoms with Crippen LogP contribution in [0.2, 0.25) is 0 Å². The van der Waals surface area contributed by atoms with E-state index in [0.717, 1.165) is 26.2 Å². The average Bonchev–Trinajstić information content (AvgIpc) is 3.65. The monoisotopic (exact) mass is 510 g/mol. The van der Waals surface area contributed by atoms with Gasteiger partial charge in [-0.2, -0.15) is 0 Å². The molecule has 5 N–H and O–H groups in total. The minimum Gasteiger partial charge on any atom is -0.409 e. The summed E-state index contributed by atoms with van der Waals surface area (Å²) >= 11 is 5.32. The zero-order chi connectivity index (χ0) is 25.2. The Bertz CT molecular complexity index is 1110. The number of carbonyl (C=O) groups is 1. The Hall–Kier alpha value is -3.46. The van der Waals surface area contributed by atoms with Crippen LogP contribution < -0.4 is 21.3 Å². The Morgan fingerprint density at radius 1 is 0.833 bits per heavy atom. The summed E-state index contributed by atoms with van der Waals surface area (Å²) in [4.78, 5) is 20.2. The van der Waals surface area contributed by atoms with Gasteiger partial charge in [-0.15, -0.1) is 11.6 Å². The molecule has 2 saturated carbocycles. The Kier molecular flexibility index (Phi) is 6.91. The molecule has 4 fully saturated rings. The van der Waals surface area contributed by atoms with Crippen LogP contribution in [0.3, 0.4) is 0 Å². The second kappa shape index (κ2) is 10.3. The molecule has 2 aliphatic heterocycles. The molecule has 2 heterocycles. The number of piperidine rings is 2. The quantitative estimate of drug-likeness (QED) is 0.136. The van der Waals surface area contributed by atoms with Gasteiger partial charge in [0.1, 0.15) is 17.6 Å². The number of halogens is 1. The molecular weight excluding hydrogens is 480 g/mol. The van der Waals surface area contributed by atoms with E-state index in [4.69, 9.17) is 28.3 Å². The third-order valence-electron chi connectivity index (χ3n) is 7.79. The molecule has 10 heteroatoms. The standard InChI is InChI=1S/C14H16ClN3O2.C12H15N3O/c15-6-12(19)20-17-14(16)13-10-7-18(8-11(10)13)9-4-2-1-3-5-9;13-12(14-16)11-9-6-15(7-10(9)11)8-4-2-1-3-5-8/h1-5,10-11,13H,6-8H2,(H2,16,17);1-5,9-11,16H,6-7H2,(H2,13,14). The molecule has 0 aromatic heterocycles. The molecule has 2 aromatic rings. The number of fused-ring (bicyclic) bond motifs is 2. The van der Waals surface area contributed by atoms with E-state index in [0.29, 0.717) is 41.3 Å². The molecule has 4 atom stereocenters. The molecule has 2 aromatic carbocycles. The zero-order valence-electron chi connectivity index (χ0n) is 19.9. The van der Waals surface area contributed by atoms with Gasteiger partial charge in [-0.3, -0.25) is 0 Å². The lowest BCUT2D eigenvalue weighted by Crippen LogP contribution is -2.28. The third kappa shape index (κ3) is 4.93. The van der Waals surface area contributed by atoms with E-state index in [-0.39, 0.29) is 11.8 Å². The normalized spacial score (nSPS) is 30.1. The van der Waals surface area contributed by atoms with Crippen molar-refractivity contribution in [3.05, 3.63) is 60.7 Å². The number of hydrogen-bond acceptors (Lipinski definition) is 7. The highest BCUT2D eigenvalue weighted by molar-refractivity contribution is 6.26. The summed E-state index contributed by atoms with van der Waals surface area (Å²) in [5.41, 5.74) is 14.0. The van der Waals surface area contributed by atoms with E-state index in [1.807, 2.05) is 24.3 Å². The van der Waals surface area contributed by atoms with Gasteiger partial charge in [-0.25, -0.2) is 4.79 Å². The van der Waals surface area contributed by atoms with Gasteiger partial charge >= 0.3 is 5.97 Å². The van der Waals surface area contributed by atoms with E-state index in [2.05, 4.69) is 61.3 Å². The van der Waals surface area contributed by atoms with E-state index in [1.165, 1.54) is 11.4 Å². The molecule has 0 spiro atoms. The fourth-order valence-corrected chi connectivity index (χ4v) is 5.93. The van der Waals surface area contributed by atoms with Crippen molar-refractivity contribution in [2.45, 2.75) is 0 Å². The van der Waals surface area contributed by atoms with Gasteiger partial charge in [0.05, 0.1) is 0 Å². The number of amidine groups is 2. The summed E-state index contributed by atoms with van der Waals surface area (Å²) in [6.45, 7) is 3.99. The van der Waals surface area contributed by atoms with Gasteiger partial charge in [0.2, 0.25) is 0 Å². The van der Waals surface area contributed by atoms with E-state index < -0.39 is 5.97 Å². The fourth-order valence-electron chi connectivity index (χ4n) is 5.88. The van der Waals surface area contributed by atoms with E-state index in [9.17, 15) is 4.79 Å². The number of rotatable bonds is 6. The summed E-state index contributed by atoms with van der Waals surface area (Å²) in [5, 5.41) is 15.4. The Morgan fingerprint density at radius 2 is 1.25 bits per heavy atom. The number of nitrogens with two attached hydrogens (primary N) is 2. The molecular formula is C26H31ClN6O3. The summed E-state index contributed by atoms with van der Waals surface area (Å²) < 4.78 is 0. The highest BCUT2D eigenvalue weighted by Gasteiger charge is 2.58. The van der Waals surface area contributed by atoms with Crippen LogP contribution in [0.1, 0.15) is 0 Å². The van der Waals surface area contributed by atoms with Gasteiger partial charge in [0, 0.05) is 49.4 Å². The molecule has 2 aliphatic carbocycles. The molecule has 4 aliphatic rings. The summed E-state index contributed by atoms with van der Waals surface area (Å²) in [6, 6.07) is 20.7. The largest absolute Gasteiger partial charge is 0.409 e. The van der Waals surface area contributed by atoms with Crippen LogP contribution >= 0.6 is 11.6 Å². The van der Waals surface area contributed by atoms with Crippen molar-refractivity contribution in [3.8, 4) is 0 Å². The lowest BCUT2D eigenvalue weighted by atomic mass is 10.2. The second-order valence-electron chi connectivity index (χ2n) is 9.83. The van der Waals surface area contributed by atoms with Crippen molar-refractivity contribution in [2.24, 2.45) is 57.3 Å². The van der Waals surface area contributed by atoms with Gasteiger partial charge in [-0.1, -0.05) is 46.7 Å². The minimum absolute atomic E-state index is 0.212. The predicted molar refractivity (Wildman–Crippen MR) is 140 cm³/mol. The number of hydrogen-bond donors (Lipinski definition) is 3. The molecule has 36 heavy (non-hydrogen) atoms. The van der Waals surface area contributed by atoms with Crippen LogP contribution in [-0.2, 0) is 9.63 Å². The average molecular weight is 511 g/mol. The number of anilines is 2. The van der Waals surface area contributed by atoms with E-state index in [1.54, 1.807) is 0 Å². The van der Waals surface area contributed by atoms with Gasteiger partial charge in [-0.05, 0) is 47.9 Å². The van der Waals surface area contributed by atoms with Crippen molar-refractivity contribution in [2.75, 3.05) is 41.9 Å². The van der Waals surface area contributed by atoms with Crippen LogP contribution in [0.15, 0.2) is 71.0 Å². The number of para-hydroxylation sites is 2. The molecule has 4 unspecified atom stereocenters. The van der Waals surface area contributed by atoms with Crippen molar-refractivity contribution >= 4 is 40.6 Å². The zero-order valence-corrected chi connectivity index (χ0v) is 20.6. The SMILES string of the molecule is N/C(=N\O)C1C2CN(c3ccccc3)CC21.N/C(=N\OC(=O)CCl)C1C2CN(c3ccccc3)CC21. The summed E-state index contributed by atoms with van der Waals surface area (Å²) in [7, 11) is 0. The molecule has 190 valence electrons. The van der Waals surface area contributed by atoms with Crippen molar-refractivity contribution in [1.29, 1.82) is 0 Å². The molecule has 0 radical (unpaired) electrons. The first-order valence-corrected chi connectivity index (χ1v) is 12.7. The van der Waals surface area contributed by atoms with Crippen molar-refractivity contribution in [1.82, 2.24) is 0 Å². The molecule has 6 rings (SSSR count). The maximum absolute atomic E-state index is 10.9. The minimum atomic E-state index is -0.577. The number of alkyl halides is 1. The van der Waals surface area contributed by atoms with Gasteiger partial charge in [0.15, 0.2) is 0 Å². The van der Waals surface area contributed by atoms with Gasteiger partial charge in [0.25, 0.3) is 0 Å². The van der Waals surface area contributed by atoms with E-state index >= 15 is 0 Å². The summed E-state index contributed by atoms with van der Waals surface area (Å²) in [5.74, 6) is 2.74. The topological polar surface area (TPSA) is 130 Å². The molecule has 9 nitrogen and oxygen atoms in total. The van der Waals surface area contributed by atoms with Crippen molar-refractivity contribution in [3.63, 3.8) is 0 Å². The second-order valence-corrected chi connectivity index (χ2v) is 10.1. The Morgan fingerprint density at radius 3 is 1.64 bits per heavy atom. The van der Waals surface area contributed by atoms with Crippen LogP contribution in [0.5, 0.6) is 0 Å². The Labute approximate surface area is 215 Å². The number of nitrogens with zero attached hydrogens (tertiary/aromatic N) is 4. The lowest BCUT2D eigenvalue weighted by Gasteiger charge is -2.21. The predicted octanol–water partition coefficient (Wildman–Crippen LogP) is 2.54. The first-order valence-electron chi connectivity index (χ1n) is 12.2. The third-order valence-corrected chi connectivity index (χ3v) is 8.01. The first kappa shape index (κ1) is 24.2. The van der Waals surface area contributed by atoms with Crippen LogP contribution in [0.25, 0.3) is 0 Å². The van der Waals surface area contributed by atoms with Gasteiger partial charge < -0.3 is 31.3 Å². The molecule has 2 saturated heterocycles. The maximum Gasteiger partial charge on any atom is 0.349 e. The summed E-state index contributed by atoms with van der Waals surface area (Å²) in [6.07, 6.45) is 0. The van der Waals surface area contributed by atoms with Crippen LogP contribution in [0, 0.1) is 35.5 Å².